The molecule has 198 valence electrons. The number of aryl methyl sites for hydroxylation is 1. The summed E-state index contributed by atoms with van der Waals surface area (Å²) in [6.07, 6.45) is -2.00. The van der Waals surface area contributed by atoms with E-state index in [0.717, 1.165) is 6.07 Å². The molecular formula is C27H25F3N4O3S. The van der Waals surface area contributed by atoms with E-state index in [-0.39, 0.29) is 53.8 Å². The zero-order chi connectivity index (χ0) is 27.1. The molecule has 7 nitrogen and oxygen atoms in total. The molecule has 1 aliphatic carbocycles. The van der Waals surface area contributed by atoms with Crippen LogP contribution in [0.3, 0.4) is 0 Å². The minimum absolute atomic E-state index is 0.0327. The molecule has 11 heteroatoms. The number of imide groups is 1. The molecule has 3 aromatic rings. The number of aromatic nitrogens is 2. The van der Waals surface area contributed by atoms with Crippen molar-refractivity contribution in [2.24, 2.45) is 17.3 Å². The van der Waals surface area contributed by atoms with Crippen molar-refractivity contribution in [1.29, 1.82) is 0 Å². The van der Waals surface area contributed by atoms with Crippen molar-refractivity contribution in [3.05, 3.63) is 46.1 Å². The first-order valence-corrected chi connectivity index (χ1v) is 13.3. The summed E-state index contributed by atoms with van der Waals surface area (Å²) < 4.78 is 41.9. The highest BCUT2D eigenvalue weighted by Crippen LogP contribution is 2.63. The molecule has 3 fully saturated rings. The van der Waals surface area contributed by atoms with Gasteiger partial charge in [-0.2, -0.15) is 13.2 Å². The molecule has 1 saturated carbocycles. The van der Waals surface area contributed by atoms with Crippen LogP contribution in [0, 0.1) is 24.2 Å². The number of amides is 3. The third-order valence-corrected chi connectivity index (χ3v) is 9.22. The molecule has 0 N–H and O–H groups in total. The Morgan fingerprint density at radius 2 is 1.82 bits per heavy atom. The van der Waals surface area contributed by atoms with Gasteiger partial charge >= 0.3 is 6.18 Å². The Balaban J connectivity index is 1.41. The number of hydrogen-bond donors (Lipinski definition) is 0. The number of alkyl halides is 3. The number of likely N-dealkylation sites (tertiary alicyclic amines) is 2. The lowest BCUT2D eigenvalue weighted by Gasteiger charge is -2.21. The van der Waals surface area contributed by atoms with E-state index < -0.39 is 11.9 Å². The molecule has 3 aliphatic rings. The molecule has 0 bridgehead atoms. The fourth-order valence-corrected chi connectivity index (χ4v) is 7.01. The minimum atomic E-state index is -4.64. The van der Waals surface area contributed by atoms with Crippen LogP contribution in [0.1, 0.15) is 48.4 Å². The molecule has 2 atom stereocenters. The van der Waals surface area contributed by atoms with Gasteiger partial charge in [0, 0.05) is 41.7 Å². The van der Waals surface area contributed by atoms with Crippen LogP contribution in [0.2, 0.25) is 0 Å². The molecule has 0 radical (unpaired) electrons. The number of halogens is 3. The van der Waals surface area contributed by atoms with E-state index in [1.165, 1.54) is 22.4 Å². The van der Waals surface area contributed by atoms with Gasteiger partial charge in [-0.25, -0.2) is 4.98 Å². The average molecular weight is 543 g/mol. The molecule has 0 spiro atoms. The lowest BCUT2D eigenvalue weighted by atomic mass is 10.00. The van der Waals surface area contributed by atoms with Crippen molar-refractivity contribution in [2.45, 2.75) is 52.9 Å². The lowest BCUT2D eigenvalue weighted by Crippen LogP contribution is -2.35. The largest absolute Gasteiger partial charge is 0.433 e. The van der Waals surface area contributed by atoms with Gasteiger partial charge in [0.2, 0.25) is 17.7 Å². The number of fused-ring (bicyclic) bond motifs is 2. The van der Waals surface area contributed by atoms with E-state index in [2.05, 4.69) is 9.97 Å². The number of pyridine rings is 2. The van der Waals surface area contributed by atoms with Crippen molar-refractivity contribution >= 4 is 39.3 Å². The van der Waals surface area contributed by atoms with E-state index in [1.54, 1.807) is 24.0 Å². The van der Waals surface area contributed by atoms with Crippen LogP contribution in [0.5, 0.6) is 0 Å². The number of thiophene rings is 1. The molecule has 2 saturated heterocycles. The number of hydrogen-bond acceptors (Lipinski definition) is 6. The predicted octanol–water partition coefficient (Wildman–Crippen LogP) is 4.95. The first-order chi connectivity index (χ1) is 17.9. The molecule has 3 amide bonds. The van der Waals surface area contributed by atoms with Gasteiger partial charge in [0.15, 0.2) is 0 Å². The predicted molar refractivity (Wildman–Crippen MR) is 134 cm³/mol. The van der Waals surface area contributed by atoms with Gasteiger partial charge in [0.05, 0.1) is 34.3 Å². The van der Waals surface area contributed by atoms with Gasteiger partial charge < -0.3 is 4.90 Å². The summed E-state index contributed by atoms with van der Waals surface area (Å²) in [6.45, 7) is 6.26. The van der Waals surface area contributed by atoms with Crippen molar-refractivity contribution in [1.82, 2.24) is 19.8 Å². The van der Waals surface area contributed by atoms with E-state index in [9.17, 15) is 27.6 Å². The standard InChI is InChI=1S/C27H25F3N4O3S/c1-13-9-18(27(28,29)30)32-22(16(13)12-33-8-4-5-19(33)35)15-6-7-31-17-10-14(38-23(15)17)11-34-24(36)20-21(25(34)37)26(20,2)3/h6-7,9-10,20-21H,4-5,8,11-12H2,1-3H3. The van der Waals surface area contributed by atoms with Crippen molar-refractivity contribution < 1.29 is 27.6 Å². The first-order valence-electron chi connectivity index (χ1n) is 12.5. The summed E-state index contributed by atoms with van der Waals surface area (Å²) in [7, 11) is 0. The second-order valence-electron chi connectivity index (χ2n) is 10.9. The topological polar surface area (TPSA) is 83.5 Å². The van der Waals surface area contributed by atoms with Crippen LogP contribution >= 0.6 is 11.3 Å². The third-order valence-electron chi connectivity index (χ3n) is 8.08. The monoisotopic (exact) mass is 542 g/mol. The van der Waals surface area contributed by atoms with Gasteiger partial charge in [-0.15, -0.1) is 11.3 Å². The van der Waals surface area contributed by atoms with Gasteiger partial charge in [-0.05, 0) is 42.5 Å². The average Bonchev–Trinajstić information content (AvgIpc) is 3.20. The van der Waals surface area contributed by atoms with Gasteiger partial charge in [0.1, 0.15) is 5.69 Å². The fraction of sp³-hybridized carbons (Fsp3) is 0.444. The van der Waals surface area contributed by atoms with Crippen molar-refractivity contribution in [2.75, 3.05) is 6.54 Å². The van der Waals surface area contributed by atoms with Gasteiger partial charge in [0.25, 0.3) is 0 Å². The van der Waals surface area contributed by atoms with E-state index >= 15 is 0 Å². The van der Waals surface area contributed by atoms with Crippen LogP contribution in [0.15, 0.2) is 24.4 Å². The first kappa shape index (κ1) is 25.0. The van der Waals surface area contributed by atoms with E-state index in [0.29, 0.717) is 51.2 Å². The maximum Gasteiger partial charge on any atom is 0.433 e. The normalized spacial score (nSPS) is 22.6. The minimum Gasteiger partial charge on any atom is -0.338 e. The quantitative estimate of drug-likeness (QED) is 0.426. The summed E-state index contributed by atoms with van der Waals surface area (Å²) in [4.78, 5) is 50.1. The molecule has 3 aromatic heterocycles. The third kappa shape index (κ3) is 3.81. The molecule has 5 heterocycles. The number of piperidine rings is 1. The van der Waals surface area contributed by atoms with Gasteiger partial charge in [-0.3, -0.25) is 24.3 Å². The Bertz CT molecular complexity index is 1510. The SMILES string of the molecule is Cc1cc(C(F)(F)F)nc(-c2ccnc3cc(CN4C(=O)C5C(C4=O)C5(C)C)sc23)c1CN1CCCC1=O. The van der Waals surface area contributed by atoms with Crippen LogP contribution in [-0.2, 0) is 33.6 Å². The Labute approximate surface area is 220 Å². The van der Waals surface area contributed by atoms with Crippen LogP contribution in [0.25, 0.3) is 21.5 Å². The summed E-state index contributed by atoms with van der Waals surface area (Å²) in [5.74, 6) is -0.959. The smallest absolute Gasteiger partial charge is 0.338 e. The summed E-state index contributed by atoms with van der Waals surface area (Å²) in [5, 5.41) is 0. The molecule has 6 rings (SSSR count). The van der Waals surface area contributed by atoms with Crippen LogP contribution in [-0.4, -0.2) is 44.0 Å². The molecular weight excluding hydrogens is 517 g/mol. The summed E-state index contributed by atoms with van der Waals surface area (Å²) in [5.41, 5.74) is 0.839. The Kier molecular flexibility index (Phi) is 5.47. The number of carbonyl (C=O) groups excluding carboxylic acids is 3. The van der Waals surface area contributed by atoms with E-state index in [1.807, 2.05) is 13.8 Å². The zero-order valence-corrected chi connectivity index (χ0v) is 21.9. The van der Waals surface area contributed by atoms with Crippen LogP contribution < -0.4 is 0 Å². The molecule has 38 heavy (non-hydrogen) atoms. The maximum absolute atomic E-state index is 13.8. The summed E-state index contributed by atoms with van der Waals surface area (Å²) >= 11 is 1.29. The number of carbonyl (C=O) groups is 3. The second kappa shape index (κ2) is 8.33. The summed E-state index contributed by atoms with van der Waals surface area (Å²) in [6, 6.07) is 4.42. The zero-order valence-electron chi connectivity index (χ0n) is 21.1. The number of rotatable bonds is 5. The fourth-order valence-electron chi connectivity index (χ4n) is 5.90. The highest BCUT2D eigenvalue weighted by molar-refractivity contribution is 7.19. The van der Waals surface area contributed by atoms with E-state index in [4.69, 9.17) is 0 Å². The highest BCUT2D eigenvalue weighted by Gasteiger charge is 2.72. The molecule has 2 unspecified atom stereocenters. The van der Waals surface area contributed by atoms with Crippen molar-refractivity contribution in [3.63, 3.8) is 0 Å². The Hall–Kier alpha value is -3.34. The Morgan fingerprint density at radius 3 is 2.45 bits per heavy atom. The Morgan fingerprint density at radius 1 is 1.11 bits per heavy atom. The molecule has 2 aliphatic heterocycles. The number of nitrogens with zero attached hydrogens (tertiary/aromatic N) is 4. The lowest BCUT2D eigenvalue weighted by molar-refractivity contribution is -0.144. The molecule has 0 aromatic carbocycles. The second-order valence-corrected chi connectivity index (χ2v) is 12.0. The van der Waals surface area contributed by atoms with Gasteiger partial charge in [-0.1, -0.05) is 13.8 Å². The van der Waals surface area contributed by atoms with Crippen LogP contribution in [0.4, 0.5) is 13.2 Å². The highest BCUT2D eigenvalue weighted by atomic mass is 32.1. The van der Waals surface area contributed by atoms with Crippen molar-refractivity contribution in [3.8, 4) is 11.3 Å². The maximum atomic E-state index is 13.8.